The summed E-state index contributed by atoms with van der Waals surface area (Å²) in [6.07, 6.45) is 0. The van der Waals surface area contributed by atoms with Crippen molar-refractivity contribution in [3.8, 4) is 0 Å². The van der Waals surface area contributed by atoms with E-state index in [1.807, 2.05) is 6.07 Å². The highest BCUT2D eigenvalue weighted by Crippen LogP contribution is 2.03. The van der Waals surface area contributed by atoms with Crippen molar-refractivity contribution in [2.75, 3.05) is 0 Å². The molecule has 0 aliphatic rings. The molecule has 1 aromatic carbocycles. The fourth-order valence-electron chi connectivity index (χ4n) is 0.881. The van der Waals surface area contributed by atoms with E-state index in [2.05, 4.69) is 11.3 Å². The molecule has 1 rings (SSSR count). The summed E-state index contributed by atoms with van der Waals surface area (Å²) in [6, 6.07) is 8.89. The Morgan fingerprint density at radius 1 is 1.40 bits per heavy atom. The van der Waals surface area contributed by atoms with Crippen molar-refractivity contribution in [3.63, 3.8) is 0 Å². The van der Waals surface area contributed by atoms with E-state index in [-0.39, 0.29) is 6.61 Å². The van der Waals surface area contributed by atoms with Crippen LogP contribution in [-0.2, 0) is 16.1 Å². The Morgan fingerprint density at radius 3 is 2.53 bits per heavy atom. The molecule has 0 radical (unpaired) electrons. The molecule has 0 unspecified atom stereocenters. The second kappa shape index (κ2) is 4.90. The van der Waals surface area contributed by atoms with Crippen LogP contribution in [0.5, 0.6) is 0 Å². The average Bonchev–Trinajstić information content (AvgIpc) is 2.26. The Hall–Kier alpha value is -2.17. The minimum Gasteiger partial charge on any atom is -0.453 e. The summed E-state index contributed by atoms with van der Waals surface area (Å²) < 4.78 is 4.67. The van der Waals surface area contributed by atoms with Gasteiger partial charge >= 0.3 is 11.7 Å². The maximum Gasteiger partial charge on any atom is 0.409 e. The van der Waals surface area contributed by atoms with Gasteiger partial charge in [0.1, 0.15) is 6.61 Å². The van der Waals surface area contributed by atoms with Gasteiger partial charge in [0.25, 0.3) is 0 Å². The molecule has 0 aliphatic heterocycles. The molecule has 15 heavy (non-hydrogen) atoms. The highest BCUT2D eigenvalue weighted by atomic mass is 16.6. The van der Waals surface area contributed by atoms with Gasteiger partial charge in [0.15, 0.2) is 0 Å². The monoisotopic (exact) mass is 207 g/mol. The molecule has 0 bridgehead atoms. The zero-order chi connectivity index (χ0) is 11.3. The molecule has 0 aliphatic carbocycles. The molecule has 5 heteroatoms. The summed E-state index contributed by atoms with van der Waals surface area (Å²) in [5.74, 6) is -1.01. The van der Waals surface area contributed by atoms with Crippen LogP contribution in [0.15, 0.2) is 42.6 Å². The third-order valence-electron chi connectivity index (χ3n) is 1.67. The van der Waals surface area contributed by atoms with Gasteiger partial charge in [-0.05, 0) is 12.1 Å². The Labute approximate surface area is 86.1 Å². The van der Waals surface area contributed by atoms with Crippen LogP contribution in [-0.4, -0.2) is 10.9 Å². The highest BCUT2D eigenvalue weighted by Gasteiger charge is 2.19. The number of rotatable bonds is 4. The van der Waals surface area contributed by atoms with Crippen molar-refractivity contribution < 1.29 is 14.5 Å². The Morgan fingerprint density at radius 2 is 2.00 bits per heavy atom. The summed E-state index contributed by atoms with van der Waals surface area (Å²) in [5, 5.41) is 10.2. The van der Waals surface area contributed by atoms with Gasteiger partial charge in [-0.25, -0.2) is 4.79 Å². The van der Waals surface area contributed by atoms with Gasteiger partial charge in [-0.15, -0.1) is 0 Å². The molecule has 5 nitrogen and oxygen atoms in total. The van der Waals surface area contributed by atoms with E-state index >= 15 is 0 Å². The number of esters is 1. The molecule has 78 valence electrons. The minimum atomic E-state index is -1.01. The SMILES string of the molecule is C=C(C(=O)OCc1ccccc1)[N+](=O)[O-]. The first kappa shape index (κ1) is 10.9. The number of hydrogen-bond donors (Lipinski definition) is 0. The van der Waals surface area contributed by atoms with Crippen molar-refractivity contribution in [2.45, 2.75) is 6.61 Å². The van der Waals surface area contributed by atoms with E-state index in [1.165, 1.54) is 0 Å². The number of carbonyl (C=O) groups excluding carboxylic acids is 1. The summed E-state index contributed by atoms with van der Waals surface area (Å²) >= 11 is 0. The summed E-state index contributed by atoms with van der Waals surface area (Å²) in [7, 11) is 0. The topological polar surface area (TPSA) is 69.4 Å². The Balaban J connectivity index is 2.48. The van der Waals surface area contributed by atoms with Gasteiger partial charge in [0.05, 0.1) is 4.92 Å². The van der Waals surface area contributed by atoms with Gasteiger partial charge in [0.2, 0.25) is 0 Å². The number of nitrogens with zero attached hydrogens (tertiary/aromatic N) is 1. The van der Waals surface area contributed by atoms with Gasteiger partial charge in [-0.3, -0.25) is 10.1 Å². The van der Waals surface area contributed by atoms with Crippen LogP contribution in [0.25, 0.3) is 0 Å². The largest absolute Gasteiger partial charge is 0.453 e. The van der Waals surface area contributed by atoms with Gasteiger partial charge in [0, 0.05) is 0 Å². The first-order valence-corrected chi connectivity index (χ1v) is 4.15. The number of ether oxygens (including phenoxy) is 1. The van der Waals surface area contributed by atoms with Crippen LogP contribution in [0.4, 0.5) is 0 Å². The van der Waals surface area contributed by atoms with E-state index in [0.717, 1.165) is 5.56 Å². The smallest absolute Gasteiger partial charge is 0.409 e. The molecule has 0 N–H and O–H groups in total. The molecule has 0 aromatic heterocycles. The zero-order valence-electron chi connectivity index (χ0n) is 7.88. The third-order valence-corrected chi connectivity index (χ3v) is 1.67. The second-order valence-electron chi connectivity index (χ2n) is 2.77. The first-order valence-electron chi connectivity index (χ1n) is 4.15. The molecule has 0 heterocycles. The normalized spacial score (nSPS) is 9.33. The molecule has 0 saturated carbocycles. The van der Waals surface area contributed by atoms with Crippen LogP contribution in [0.1, 0.15) is 5.56 Å². The molecule has 0 fully saturated rings. The maximum atomic E-state index is 11.0. The molecule has 0 atom stereocenters. The predicted molar refractivity (Wildman–Crippen MR) is 52.4 cm³/mol. The minimum absolute atomic E-state index is 0.00648. The van der Waals surface area contributed by atoms with Crippen LogP contribution in [0.3, 0.4) is 0 Å². The summed E-state index contributed by atoms with van der Waals surface area (Å²) in [4.78, 5) is 20.3. The number of carbonyl (C=O) groups is 1. The molecular weight excluding hydrogens is 198 g/mol. The highest BCUT2D eigenvalue weighted by molar-refractivity contribution is 5.84. The summed E-state index contributed by atoms with van der Waals surface area (Å²) in [6.45, 7) is 3.00. The molecule has 0 saturated heterocycles. The van der Waals surface area contributed by atoms with E-state index in [9.17, 15) is 14.9 Å². The van der Waals surface area contributed by atoms with Crippen molar-refractivity contribution in [1.82, 2.24) is 0 Å². The van der Waals surface area contributed by atoms with Gasteiger partial charge in [-0.2, -0.15) is 0 Å². The van der Waals surface area contributed by atoms with Gasteiger partial charge < -0.3 is 4.74 Å². The molecule has 0 amide bonds. The van der Waals surface area contributed by atoms with Gasteiger partial charge in [-0.1, -0.05) is 30.3 Å². The Kier molecular flexibility index (Phi) is 3.56. The average molecular weight is 207 g/mol. The standard InChI is InChI=1S/C10H9NO4/c1-8(11(13)14)10(12)15-7-9-5-3-2-4-6-9/h2-6H,1,7H2. The predicted octanol–water partition coefficient (Wildman–Crippen LogP) is 1.52. The number of hydrogen-bond acceptors (Lipinski definition) is 4. The lowest BCUT2D eigenvalue weighted by Crippen LogP contribution is -2.13. The molecule has 0 spiro atoms. The van der Waals surface area contributed by atoms with Crippen LogP contribution in [0, 0.1) is 10.1 Å². The zero-order valence-corrected chi connectivity index (χ0v) is 7.88. The van der Waals surface area contributed by atoms with Crippen LogP contribution in [0.2, 0.25) is 0 Å². The number of benzene rings is 1. The Bertz CT molecular complexity index is 386. The van der Waals surface area contributed by atoms with E-state index in [4.69, 9.17) is 0 Å². The van der Waals surface area contributed by atoms with Crippen LogP contribution >= 0.6 is 0 Å². The first-order chi connectivity index (χ1) is 7.11. The van der Waals surface area contributed by atoms with Crippen LogP contribution < -0.4 is 0 Å². The lowest BCUT2D eigenvalue weighted by Gasteiger charge is -2.01. The van der Waals surface area contributed by atoms with E-state index < -0.39 is 16.6 Å². The van der Waals surface area contributed by atoms with Crippen molar-refractivity contribution in [3.05, 3.63) is 58.3 Å². The van der Waals surface area contributed by atoms with E-state index in [1.54, 1.807) is 24.3 Å². The summed E-state index contributed by atoms with van der Waals surface area (Å²) in [5.41, 5.74) is 0.00734. The molecule has 1 aromatic rings. The third kappa shape index (κ3) is 3.22. The fraction of sp³-hybridized carbons (Fsp3) is 0.100. The quantitative estimate of drug-likeness (QED) is 0.325. The van der Waals surface area contributed by atoms with Crippen molar-refractivity contribution >= 4 is 5.97 Å². The second-order valence-corrected chi connectivity index (χ2v) is 2.77. The lowest BCUT2D eigenvalue weighted by atomic mass is 10.2. The maximum absolute atomic E-state index is 11.0. The van der Waals surface area contributed by atoms with Crippen molar-refractivity contribution in [2.24, 2.45) is 0 Å². The molecular formula is C10H9NO4. The number of nitro groups is 1. The van der Waals surface area contributed by atoms with E-state index in [0.29, 0.717) is 0 Å². The fourth-order valence-corrected chi connectivity index (χ4v) is 0.881. The lowest BCUT2D eigenvalue weighted by molar-refractivity contribution is -0.420. The van der Waals surface area contributed by atoms with Crippen molar-refractivity contribution in [1.29, 1.82) is 0 Å².